The van der Waals surface area contributed by atoms with Crippen molar-refractivity contribution in [1.82, 2.24) is 5.32 Å². The Morgan fingerprint density at radius 2 is 1.66 bits per heavy atom. The molecule has 0 spiro atoms. The van der Waals surface area contributed by atoms with Crippen molar-refractivity contribution < 1.29 is 37.7 Å². The van der Waals surface area contributed by atoms with Crippen LogP contribution in [0.5, 0.6) is 17.2 Å². The zero-order valence-electron chi connectivity index (χ0n) is 20.3. The molecule has 1 amide bonds. The largest absolute Gasteiger partial charge is 0.465 e. The van der Waals surface area contributed by atoms with Crippen molar-refractivity contribution in [2.75, 3.05) is 13.7 Å². The van der Waals surface area contributed by atoms with Crippen molar-refractivity contribution in [3.05, 3.63) is 100 Å². The molecule has 0 aliphatic rings. The number of hydrogen-bond donors (Lipinski definition) is 1. The van der Waals surface area contributed by atoms with Crippen molar-refractivity contribution >= 4 is 29.0 Å². The number of esters is 2. The molecule has 0 bridgehead atoms. The minimum absolute atomic E-state index is 0.0242. The van der Waals surface area contributed by atoms with Crippen molar-refractivity contribution in [3.63, 3.8) is 0 Å². The molecule has 0 saturated heterocycles. The standard InChI is InChI=1S/C28H23NO9/c1-34-27(32)19-7-9-20(10-8-19)37-24-17-35-23-15-21(11-12-22(23)26(24)31)38-25(30)13-14-29-28(33)36-16-18-5-3-2-4-6-18/h2-12,15,17H,13-14,16H2,1H3,(H,29,33). The Kier molecular flexibility index (Phi) is 8.35. The van der Waals surface area contributed by atoms with E-state index in [1.165, 1.54) is 49.6 Å². The molecule has 0 radical (unpaired) electrons. The van der Waals surface area contributed by atoms with E-state index in [0.29, 0.717) is 11.3 Å². The summed E-state index contributed by atoms with van der Waals surface area (Å²) in [6.45, 7) is 0.143. The molecule has 0 unspecified atom stereocenters. The number of hydrogen-bond acceptors (Lipinski definition) is 9. The van der Waals surface area contributed by atoms with Crippen LogP contribution in [-0.2, 0) is 20.9 Å². The van der Waals surface area contributed by atoms with E-state index in [1.54, 1.807) is 0 Å². The number of carbonyl (C=O) groups is 3. The Morgan fingerprint density at radius 3 is 2.39 bits per heavy atom. The van der Waals surface area contributed by atoms with Gasteiger partial charge in [0.1, 0.15) is 30.0 Å². The molecule has 10 heteroatoms. The van der Waals surface area contributed by atoms with Crippen LogP contribution >= 0.6 is 0 Å². The lowest BCUT2D eigenvalue weighted by Gasteiger charge is -2.08. The minimum Gasteiger partial charge on any atom is -0.465 e. The maximum Gasteiger partial charge on any atom is 0.407 e. The number of amides is 1. The van der Waals surface area contributed by atoms with Crippen LogP contribution in [0.15, 0.2) is 88.3 Å². The SMILES string of the molecule is COC(=O)c1ccc(Oc2coc3cc(OC(=O)CCNC(=O)OCc4ccccc4)ccc3c2=O)cc1. The summed E-state index contributed by atoms with van der Waals surface area (Å²) < 4.78 is 26.1. The highest BCUT2D eigenvalue weighted by molar-refractivity contribution is 5.89. The van der Waals surface area contributed by atoms with E-state index in [4.69, 9.17) is 18.6 Å². The van der Waals surface area contributed by atoms with E-state index < -0.39 is 23.5 Å². The van der Waals surface area contributed by atoms with Gasteiger partial charge in [-0.15, -0.1) is 0 Å². The zero-order chi connectivity index (χ0) is 26.9. The van der Waals surface area contributed by atoms with Gasteiger partial charge < -0.3 is 28.7 Å². The fourth-order valence-corrected chi connectivity index (χ4v) is 3.35. The van der Waals surface area contributed by atoms with Crippen molar-refractivity contribution in [3.8, 4) is 17.2 Å². The molecule has 1 heterocycles. The summed E-state index contributed by atoms with van der Waals surface area (Å²) in [5.74, 6) is -0.642. The van der Waals surface area contributed by atoms with Crippen LogP contribution in [0, 0.1) is 0 Å². The van der Waals surface area contributed by atoms with Crippen LogP contribution in [-0.4, -0.2) is 31.7 Å². The molecule has 1 aromatic heterocycles. The van der Waals surface area contributed by atoms with Gasteiger partial charge in [0.25, 0.3) is 0 Å². The van der Waals surface area contributed by atoms with Gasteiger partial charge in [0.15, 0.2) is 0 Å². The minimum atomic E-state index is -0.647. The van der Waals surface area contributed by atoms with Gasteiger partial charge in [-0.1, -0.05) is 30.3 Å². The third kappa shape index (κ3) is 6.76. The van der Waals surface area contributed by atoms with Gasteiger partial charge in [0.05, 0.1) is 24.5 Å². The number of ether oxygens (including phenoxy) is 4. The molecule has 4 rings (SSSR count). The topological polar surface area (TPSA) is 130 Å². The lowest BCUT2D eigenvalue weighted by Crippen LogP contribution is -2.27. The summed E-state index contributed by atoms with van der Waals surface area (Å²) in [6, 6.07) is 19.6. The first-order chi connectivity index (χ1) is 18.4. The van der Waals surface area contributed by atoms with Crippen molar-refractivity contribution in [1.29, 1.82) is 0 Å². The van der Waals surface area contributed by atoms with Crippen LogP contribution < -0.4 is 20.2 Å². The Morgan fingerprint density at radius 1 is 0.921 bits per heavy atom. The summed E-state index contributed by atoms with van der Waals surface area (Å²) in [6.07, 6.45) is 0.408. The van der Waals surface area contributed by atoms with Crippen LogP contribution in [0.4, 0.5) is 4.79 Å². The maximum absolute atomic E-state index is 12.8. The molecule has 0 aliphatic carbocycles. The van der Waals surface area contributed by atoms with E-state index in [1.807, 2.05) is 30.3 Å². The molecular formula is C28H23NO9. The fourth-order valence-electron chi connectivity index (χ4n) is 3.35. The molecule has 38 heavy (non-hydrogen) atoms. The molecule has 10 nitrogen and oxygen atoms in total. The van der Waals surface area contributed by atoms with E-state index in [-0.39, 0.29) is 42.0 Å². The van der Waals surface area contributed by atoms with Crippen molar-refractivity contribution in [2.24, 2.45) is 0 Å². The summed E-state index contributed by atoms with van der Waals surface area (Å²) >= 11 is 0. The number of alkyl carbamates (subject to hydrolysis) is 1. The summed E-state index contributed by atoms with van der Waals surface area (Å²) in [4.78, 5) is 48.3. The molecule has 3 aromatic carbocycles. The summed E-state index contributed by atoms with van der Waals surface area (Å²) in [7, 11) is 1.28. The molecule has 1 N–H and O–H groups in total. The highest BCUT2D eigenvalue weighted by atomic mass is 16.6. The second-order valence-corrected chi connectivity index (χ2v) is 7.92. The number of methoxy groups -OCH3 is 1. The number of rotatable bonds is 9. The van der Waals surface area contributed by atoms with Crippen molar-refractivity contribution in [2.45, 2.75) is 13.0 Å². The quantitative estimate of drug-likeness (QED) is 0.250. The lowest BCUT2D eigenvalue weighted by molar-refractivity contribution is -0.134. The first-order valence-electron chi connectivity index (χ1n) is 11.5. The van der Waals surface area contributed by atoms with Gasteiger partial charge in [0, 0.05) is 12.6 Å². The fraction of sp³-hybridized carbons (Fsp3) is 0.143. The second-order valence-electron chi connectivity index (χ2n) is 7.92. The summed E-state index contributed by atoms with van der Waals surface area (Å²) in [5, 5.41) is 2.70. The van der Waals surface area contributed by atoms with Gasteiger partial charge in [-0.25, -0.2) is 9.59 Å². The number of nitrogens with one attached hydrogen (secondary N) is 1. The lowest BCUT2D eigenvalue weighted by atomic mass is 10.2. The number of fused-ring (bicyclic) bond motifs is 1. The van der Waals surface area contributed by atoms with E-state index in [9.17, 15) is 19.2 Å². The van der Waals surface area contributed by atoms with Gasteiger partial charge >= 0.3 is 18.0 Å². The van der Waals surface area contributed by atoms with Crippen LogP contribution in [0.3, 0.4) is 0 Å². The van der Waals surface area contributed by atoms with Gasteiger partial charge in [-0.3, -0.25) is 9.59 Å². The average molecular weight is 517 g/mol. The predicted molar refractivity (Wildman–Crippen MR) is 135 cm³/mol. The van der Waals surface area contributed by atoms with Crippen LogP contribution in [0.1, 0.15) is 22.3 Å². The molecule has 0 atom stereocenters. The molecule has 0 fully saturated rings. The number of benzene rings is 3. The molecule has 0 aliphatic heterocycles. The smallest absolute Gasteiger partial charge is 0.407 e. The Hall–Kier alpha value is -5.12. The first-order valence-corrected chi connectivity index (χ1v) is 11.5. The highest BCUT2D eigenvalue weighted by Crippen LogP contribution is 2.24. The third-order valence-electron chi connectivity index (χ3n) is 5.26. The Balaban J connectivity index is 1.30. The molecular weight excluding hydrogens is 494 g/mol. The summed E-state index contributed by atoms with van der Waals surface area (Å²) in [5.41, 5.74) is 0.944. The maximum atomic E-state index is 12.8. The Bertz CT molecular complexity index is 1490. The molecule has 0 saturated carbocycles. The normalized spacial score (nSPS) is 10.4. The van der Waals surface area contributed by atoms with Gasteiger partial charge in [0.2, 0.25) is 11.2 Å². The first kappa shape index (κ1) is 26.0. The van der Waals surface area contributed by atoms with Crippen LogP contribution in [0.25, 0.3) is 11.0 Å². The zero-order valence-corrected chi connectivity index (χ0v) is 20.3. The van der Waals surface area contributed by atoms with E-state index >= 15 is 0 Å². The monoisotopic (exact) mass is 517 g/mol. The average Bonchev–Trinajstić information content (AvgIpc) is 2.94. The highest BCUT2D eigenvalue weighted by Gasteiger charge is 2.13. The second kappa shape index (κ2) is 12.2. The molecule has 4 aromatic rings. The van der Waals surface area contributed by atoms with Gasteiger partial charge in [-0.2, -0.15) is 0 Å². The van der Waals surface area contributed by atoms with Crippen LogP contribution in [0.2, 0.25) is 0 Å². The third-order valence-corrected chi connectivity index (χ3v) is 5.26. The molecule has 194 valence electrons. The Labute approximate surface area is 216 Å². The van der Waals surface area contributed by atoms with E-state index in [2.05, 4.69) is 10.1 Å². The van der Waals surface area contributed by atoms with Gasteiger partial charge in [-0.05, 0) is 42.0 Å². The number of carbonyl (C=O) groups excluding carboxylic acids is 3. The van der Waals surface area contributed by atoms with E-state index in [0.717, 1.165) is 11.8 Å². The predicted octanol–water partition coefficient (Wildman–Crippen LogP) is 4.59.